The number of fused-ring (bicyclic) bond motifs is 1. The van der Waals surface area contributed by atoms with Gasteiger partial charge < -0.3 is 0 Å². The number of amides is 1. The Bertz CT molecular complexity index is 1230. The average Bonchev–Trinajstić information content (AvgIpc) is 3.10. The van der Waals surface area contributed by atoms with Gasteiger partial charge in [-0.2, -0.15) is 4.31 Å². The van der Waals surface area contributed by atoms with Crippen molar-refractivity contribution in [3.05, 3.63) is 57.6 Å². The first kappa shape index (κ1) is 21.8. The van der Waals surface area contributed by atoms with Gasteiger partial charge in [-0.1, -0.05) is 31.3 Å². The lowest BCUT2D eigenvalue weighted by atomic mass is 10.1. The molecule has 11 heteroatoms. The quantitative estimate of drug-likeness (QED) is 0.433. The molecule has 0 aliphatic heterocycles. The number of hydrogen-bond donors (Lipinski definition) is 1. The number of nitrogens with zero attached hydrogens (tertiary/aromatic N) is 3. The second-order valence-corrected chi connectivity index (χ2v) is 9.42. The van der Waals surface area contributed by atoms with Gasteiger partial charge in [0.05, 0.1) is 20.0 Å². The van der Waals surface area contributed by atoms with Gasteiger partial charge in [0.25, 0.3) is 11.6 Å². The highest BCUT2D eigenvalue weighted by Gasteiger charge is 2.22. The first-order valence-electron chi connectivity index (χ1n) is 9.14. The van der Waals surface area contributed by atoms with Crippen LogP contribution in [-0.2, 0) is 10.0 Å². The molecule has 1 aromatic heterocycles. The van der Waals surface area contributed by atoms with Gasteiger partial charge in [0.2, 0.25) is 10.0 Å². The van der Waals surface area contributed by atoms with E-state index in [4.69, 9.17) is 0 Å². The van der Waals surface area contributed by atoms with Crippen LogP contribution in [0.15, 0.2) is 41.3 Å². The predicted molar refractivity (Wildman–Crippen MR) is 116 cm³/mol. The molecule has 0 atom stereocenters. The topological polar surface area (TPSA) is 123 Å². The molecular formula is C19H20N4O5S2. The zero-order chi connectivity index (χ0) is 22.1. The summed E-state index contributed by atoms with van der Waals surface area (Å²) in [6.45, 7) is 5.87. The first-order valence-corrected chi connectivity index (χ1v) is 11.4. The van der Waals surface area contributed by atoms with Crippen LogP contribution in [0.5, 0.6) is 0 Å². The molecule has 3 rings (SSSR count). The van der Waals surface area contributed by atoms with E-state index in [1.54, 1.807) is 26.8 Å². The Kier molecular flexibility index (Phi) is 6.15. The molecule has 0 unspecified atom stereocenters. The normalized spacial score (nSPS) is 11.7. The summed E-state index contributed by atoms with van der Waals surface area (Å²) in [5, 5.41) is 14.0. The van der Waals surface area contributed by atoms with Crippen molar-refractivity contribution in [1.82, 2.24) is 9.29 Å². The van der Waals surface area contributed by atoms with E-state index in [-0.39, 0.29) is 21.3 Å². The molecule has 0 radical (unpaired) electrons. The van der Waals surface area contributed by atoms with Crippen molar-refractivity contribution in [2.45, 2.75) is 25.7 Å². The number of sulfonamides is 1. The number of aromatic nitrogens is 1. The molecule has 0 saturated carbocycles. The summed E-state index contributed by atoms with van der Waals surface area (Å²) >= 11 is 1.13. The smallest absolute Gasteiger partial charge is 0.273 e. The van der Waals surface area contributed by atoms with Gasteiger partial charge in [-0.3, -0.25) is 20.2 Å². The molecule has 158 valence electrons. The van der Waals surface area contributed by atoms with Crippen molar-refractivity contribution >= 4 is 48.3 Å². The molecule has 0 bridgehead atoms. The summed E-state index contributed by atoms with van der Waals surface area (Å²) in [5.74, 6) is -0.534. The number of rotatable bonds is 7. The summed E-state index contributed by atoms with van der Waals surface area (Å²) in [7, 11) is -3.61. The lowest BCUT2D eigenvalue weighted by molar-refractivity contribution is -0.385. The minimum atomic E-state index is -3.61. The molecule has 0 spiro atoms. The van der Waals surface area contributed by atoms with Crippen molar-refractivity contribution < 1.29 is 18.1 Å². The molecule has 9 nitrogen and oxygen atoms in total. The maximum absolute atomic E-state index is 12.7. The summed E-state index contributed by atoms with van der Waals surface area (Å²) < 4.78 is 27.4. The van der Waals surface area contributed by atoms with Crippen LogP contribution in [0.4, 0.5) is 10.8 Å². The lowest BCUT2D eigenvalue weighted by Crippen LogP contribution is -2.30. The highest BCUT2D eigenvalue weighted by molar-refractivity contribution is 7.89. The number of thiazole rings is 1. The van der Waals surface area contributed by atoms with Gasteiger partial charge in [-0.25, -0.2) is 13.4 Å². The zero-order valence-electron chi connectivity index (χ0n) is 16.6. The maximum Gasteiger partial charge on any atom is 0.273 e. The van der Waals surface area contributed by atoms with Crippen LogP contribution in [0.25, 0.3) is 10.2 Å². The van der Waals surface area contributed by atoms with Crippen LogP contribution < -0.4 is 5.32 Å². The minimum absolute atomic E-state index is 0.136. The van der Waals surface area contributed by atoms with Crippen LogP contribution in [0.2, 0.25) is 0 Å². The highest BCUT2D eigenvalue weighted by Crippen LogP contribution is 2.30. The third kappa shape index (κ3) is 4.18. The van der Waals surface area contributed by atoms with E-state index in [0.29, 0.717) is 28.9 Å². The predicted octanol–water partition coefficient (Wildman–Crippen LogP) is 3.80. The number of nitro groups is 1. The Morgan fingerprint density at radius 1 is 1.20 bits per heavy atom. The maximum atomic E-state index is 12.7. The third-order valence-electron chi connectivity index (χ3n) is 4.59. The molecule has 0 aliphatic rings. The monoisotopic (exact) mass is 448 g/mol. The van der Waals surface area contributed by atoms with E-state index in [0.717, 1.165) is 11.3 Å². The summed E-state index contributed by atoms with van der Waals surface area (Å²) in [4.78, 5) is 27.5. The van der Waals surface area contributed by atoms with E-state index in [2.05, 4.69) is 10.3 Å². The number of nitrogens with one attached hydrogen (secondary N) is 1. The van der Waals surface area contributed by atoms with E-state index < -0.39 is 20.9 Å². The molecular weight excluding hydrogens is 428 g/mol. The highest BCUT2D eigenvalue weighted by atomic mass is 32.2. The fourth-order valence-corrected chi connectivity index (χ4v) is 5.41. The largest absolute Gasteiger partial charge is 0.298 e. The summed E-state index contributed by atoms with van der Waals surface area (Å²) in [6.07, 6.45) is 0. The molecule has 30 heavy (non-hydrogen) atoms. The molecule has 1 amide bonds. The fraction of sp³-hybridized carbons (Fsp3) is 0.263. The molecule has 1 N–H and O–H groups in total. The first-order chi connectivity index (χ1) is 14.2. The number of nitro benzene ring substituents is 1. The van der Waals surface area contributed by atoms with Gasteiger partial charge in [0, 0.05) is 30.3 Å². The van der Waals surface area contributed by atoms with Crippen molar-refractivity contribution in [3.63, 3.8) is 0 Å². The lowest BCUT2D eigenvalue weighted by Gasteiger charge is -2.18. The SMILES string of the molecule is CCN(CC)S(=O)(=O)c1ccc2nc(NC(=O)c3ccc(C)c([N+](=O)[O-])c3)sc2c1. The number of carbonyl (C=O) groups excluding carboxylic acids is 1. The Labute approximate surface area is 177 Å². The Morgan fingerprint density at radius 2 is 1.90 bits per heavy atom. The zero-order valence-corrected chi connectivity index (χ0v) is 18.2. The van der Waals surface area contributed by atoms with Crippen molar-refractivity contribution in [2.24, 2.45) is 0 Å². The van der Waals surface area contributed by atoms with E-state index >= 15 is 0 Å². The van der Waals surface area contributed by atoms with Crippen LogP contribution in [-0.4, -0.2) is 41.6 Å². The third-order valence-corrected chi connectivity index (χ3v) is 7.57. The van der Waals surface area contributed by atoms with Crippen molar-refractivity contribution in [3.8, 4) is 0 Å². The number of anilines is 1. The Balaban J connectivity index is 1.89. The van der Waals surface area contributed by atoms with Gasteiger partial charge in [-0.15, -0.1) is 0 Å². The van der Waals surface area contributed by atoms with Gasteiger partial charge >= 0.3 is 0 Å². The van der Waals surface area contributed by atoms with Crippen LogP contribution in [0.1, 0.15) is 29.8 Å². The van der Waals surface area contributed by atoms with Crippen LogP contribution in [0.3, 0.4) is 0 Å². The van der Waals surface area contributed by atoms with Crippen LogP contribution in [0, 0.1) is 17.0 Å². The second-order valence-electron chi connectivity index (χ2n) is 6.45. The molecule has 3 aromatic rings. The standard InChI is InChI=1S/C19H20N4O5S2/c1-4-22(5-2)30(27,28)14-8-9-15-17(11-14)29-19(20-15)21-18(24)13-7-6-12(3)16(10-13)23(25)26/h6-11H,4-5H2,1-3H3,(H,20,21,24). The van der Waals surface area contributed by atoms with Gasteiger partial charge in [0.1, 0.15) is 0 Å². The van der Waals surface area contributed by atoms with E-state index in [9.17, 15) is 23.3 Å². The molecule has 1 heterocycles. The number of carbonyl (C=O) groups is 1. The van der Waals surface area contributed by atoms with E-state index in [1.165, 1.54) is 34.6 Å². The van der Waals surface area contributed by atoms with Crippen LogP contribution >= 0.6 is 11.3 Å². The van der Waals surface area contributed by atoms with Gasteiger partial charge in [-0.05, 0) is 31.2 Å². The number of benzene rings is 2. The van der Waals surface area contributed by atoms with E-state index in [1.807, 2.05) is 0 Å². The molecule has 0 fully saturated rings. The average molecular weight is 449 g/mol. The fourth-order valence-electron chi connectivity index (χ4n) is 2.95. The second kappa shape index (κ2) is 8.46. The molecule has 2 aromatic carbocycles. The van der Waals surface area contributed by atoms with Gasteiger partial charge in [0.15, 0.2) is 5.13 Å². The summed E-state index contributed by atoms with van der Waals surface area (Å²) in [6, 6.07) is 8.84. The number of aryl methyl sites for hydroxylation is 1. The van der Waals surface area contributed by atoms with Crippen molar-refractivity contribution in [2.75, 3.05) is 18.4 Å². The Morgan fingerprint density at radius 3 is 2.53 bits per heavy atom. The van der Waals surface area contributed by atoms with Crippen molar-refractivity contribution in [1.29, 1.82) is 0 Å². The Hall–Kier alpha value is -2.89. The molecule has 0 saturated heterocycles. The minimum Gasteiger partial charge on any atom is -0.298 e. The number of hydrogen-bond acceptors (Lipinski definition) is 7. The summed E-state index contributed by atoms with van der Waals surface area (Å²) in [5.41, 5.74) is 0.997. The molecule has 0 aliphatic carbocycles.